The summed E-state index contributed by atoms with van der Waals surface area (Å²) in [6, 6.07) is 0.685. The highest BCUT2D eigenvalue weighted by molar-refractivity contribution is 4.82. The topological polar surface area (TPSA) is 44.7 Å². The molecule has 17 heavy (non-hydrogen) atoms. The van der Waals surface area contributed by atoms with Gasteiger partial charge in [0.05, 0.1) is 19.8 Å². The third-order valence-corrected chi connectivity index (χ3v) is 3.43. The van der Waals surface area contributed by atoms with Gasteiger partial charge >= 0.3 is 0 Å². The molecule has 0 aromatic carbocycles. The number of ether oxygens (including phenoxy) is 1. The van der Waals surface area contributed by atoms with Gasteiger partial charge in [-0.3, -0.25) is 0 Å². The zero-order valence-electron chi connectivity index (χ0n) is 11.3. The van der Waals surface area contributed by atoms with Crippen molar-refractivity contribution in [2.24, 2.45) is 5.92 Å². The Balaban J connectivity index is 2.13. The van der Waals surface area contributed by atoms with E-state index in [1.807, 2.05) is 0 Å². The molecule has 0 aliphatic carbocycles. The molecule has 102 valence electrons. The maximum absolute atomic E-state index is 8.62. The highest BCUT2D eigenvalue weighted by Gasteiger charge is 2.24. The molecule has 2 atom stereocenters. The number of aliphatic hydroxyl groups excluding tert-OH is 1. The maximum Gasteiger partial charge on any atom is 0.0698 e. The average molecular weight is 244 g/mol. The first-order valence-electron chi connectivity index (χ1n) is 6.92. The molecule has 1 saturated heterocycles. The zero-order valence-corrected chi connectivity index (χ0v) is 11.3. The Labute approximate surface area is 105 Å². The van der Waals surface area contributed by atoms with Gasteiger partial charge in [0.15, 0.2) is 0 Å². The molecule has 0 radical (unpaired) electrons. The lowest BCUT2D eigenvalue weighted by molar-refractivity contribution is 0.0586. The van der Waals surface area contributed by atoms with Crippen LogP contribution in [-0.2, 0) is 4.74 Å². The Morgan fingerprint density at radius 1 is 1.41 bits per heavy atom. The molecule has 4 heteroatoms. The fraction of sp³-hybridized carbons (Fsp3) is 1.00. The number of hydrogen-bond donors (Lipinski definition) is 2. The van der Waals surface area contributed by atoms with Crippen LogP contribution in [0.15, 0.2) is 0 Å². The third kappa shape index (κ3) is 5.82. The lowest BCUT2D eigenvalue weighted by atomic mass is 9.94. The molecule has 1 aliphatic rings. The molecule has 2 N–H and O–H groups in total. The van der Waals surface area contributed by atoms with Crippen molar-refractivity contribution in [2.45, 2.75) is 32.7 Å². The molecule has 0 saturated carbocycles. The summed E-state index contributed by atoms with van der Waals surface area (Å²) in [5, 5.41) is 12.2. The molecule has 0 aromatic rings. The summed E-state index contributed by atoms with van der Waals surface area (Å²) in [6.45, 7) is 10.3. The van der Waals surface area contributed by atoms with Crippen LogP contribution in [0.2, 0.25) is 0 Å². The molecule has 1 rings (SSSR count). The van der Waals surface area contributed by atoms with Gasteiger partial charge in [0.25, 0.3) is 0 Å². The smallest absolute Gasteiger partial charge is 0.0698 e. The highest BCUT2D eigenvalue weighted by Crippen LogP contribution is 2.16. The number of nitrogens with one attached hydrogen (secondary N) is 1. The van der Waals surface area contributed by atoms with Crippen LogP contribution < -0.4 is 5.32 Å². The van der Waals surface area contributed by atoms with Crippen molar-refractivity contribution < 1.29 is 9.84 Å². The predicted octanol–water partition coefficient (Wildman–Crippen LogP) is 0.705. The van der Waals surface area contributed by atoms with Gasteiger partial charge in [-0.15, -0.1) is 0 Å². The maximum atomic E-state index is 8.62. The van der Waals surface area contributed by atoms with Gasteiger partial charge in [-0.1, -0.05) is 13.8 Å². The number of hydrogen-bond acceptors (Lipinski definition) is 4. The molecule has 1 heterocycles. The molecular weight excluding hydrogens is 216 g/mol. The van der Waals surface area contributed by atoms with E-state index in [1.54, 1.807) is 0 Å². The van der Waals surface area contributed by atoms with E-state index in [2.05, 4.69) is 24.1 Å². The normalized spacial score (nSPS) is 26.3. The van der Waals surface area contributed by atoms with Gasteiger partial charge < -0.3 is 20.1 Å². The van der Waals surface area contributed by atoms with Crippen LogP contribution >= 0.6 is 0 Å². The van der Waals surface area contributed by atoms with Crippen molar-refractivity contribution >= 4 is 0 Å². The summed E-state index contributed by atoms with van der Waals surface area (Å²) < 4.78 is 5.31. The lowest BCUT2D eigenvalue weighted by Crippen LogP contribution is -2.49. The molecule has 1 aliphatic heterocycles. The first-order valence-corrected chi connectivity index (χ1v) is 6.92. The van der Waals surface area contributed by atoms with E-state index in [1.165, 1.54) is 12.8 Å². The van der Waals surface area contributed by atoms with Gasteiger partial charge in [0.2, 0.25) is 0 Å². The van der Waals surface area contributed by atoms with Crippen LogP contribution in [0.5, 0.6) is 0 Å². The van der Waals surface area contributed by atoms with Crippen LogP contribution in [-0.4, -0.2) is 62.0 Å². The molecule has 2 unspecified atom stereocenters. The highest BCUT2D eigenvalue weighted by atomic mass is 16.5. The Hall–Kier alpha value is -0.160. The minimum atomic E-state index is 0.124. The average Bonchev–Trinajstić information content (AvgIpc) is 2.34. The molecule has 4 nitrogen and oxygen atoms in total. The van der Waals surface area contributed by atoms with E-state index in [-0.39, 0.29) is 6.61 Å². The first-order chi connectivity index (χ1) is 8.27. The number of aliphatic hydroxyl groups is 1. The standard InChI is InChI=1S/C13H28N2O2/c1-3-5-14-13-4-6-15(11-12(13)2)7-9-17-10-8-16/h12-14,16H,3-11H2,1-2H3. The van der Waals surface area contributed by atoms with Crippen LogP contribution in [0.1, 0.15) is 26.7 Å². The van der Waals surface area contributed by atoms with Crippen LogP contribution in [0.4, 0.5) is 0 Å². The fourth-order valence-corrected chi connectivity index (χ4v) is 2.43. The fourth-order valence-electron chi connectivity index (χ4n) is 2.43. The monoisotopic (exact) mass is 244 g/mol. The summed E-state index contributed by atoms with van der Waals surface area (Å²) in [5.41, 5.74) is 0. The molecule has 1 fully saturated rings. The number of rotatable bonds is 8. The minimum Gasteiger partial charge on any atom is -0.394 e. The second-order valence-corrected chi connectivity index (χ2v) is 4.96. The van der Waals surface area contributed by atoms with Crippen LogP contribution in [0.3, 0.4) is 0 Å². The van der Waals surface area contributed by atoms with Gasteiger partial charge in [-0.2, -0.15) is 0 Å². The second kappa shape index (κ2) is 8.86. The quantitative estimate of drug-likeness (QED) is 0.617. The Bertz CT molecular complexity index is 190. The van der Waals surface area contributed by atoms with Crippen LogP contribution in [0.25, 0.3) is 0 Å². The summed E-state index contributed by atoms with van der Waals surface area (Å²) in [4.78, 5) is 2.46. The Morgan fingerprint density at radius 3 is 2.88 bits per heavy atom. The van der Waals surface area contributed by atoms with E-state index in [4.69, 9.17) is 9.84 Å². The Kier molecular flexibility index (Phi) is 7.77. The molecule has 0 spiro atoms. The number of piperidine rings is 1. The third-order valence-electron chi connectivity index (χ3n) is 3.43. The summed E-state index contributed by atoms with van der Waals surface area (Å²) >= 11 is 0. The predicted molar refractivity (Wildman–Crippen MR) is 70.2 cm³/mol. The van der Waals surface area contributed by atoms with Crippen molar-refractivity contribution in [2.75, 3.05) is 46.0 Å². The number of likely N-dealkylation sites (tertiary alicyclic amines) is 1. The first kappa shape index (κ1) is 14.9. The van der Waals surface area contributed by atoms with Gasteiger partial charge in [-0.25, -0.2) is 0 Å². The Morgan fingerprint density at radius 2 is 2.24 bits per heavy atom. The summed E-state index contributed by atoms with van der Waals surface area (Å²) in [6.07, 6.45) is 2.45. The van der Waals surface area contributed by atoms with Gasteiger partial charge in [0.1, 0.15) is 0 Å². The second-order valence-electron chi connectivity index (χ2n) is 4.96. The van der Waals surface area contributed by atoms with E-state index in [0.29, 0.717) is 18.6 Å². The van der Waals surface area contributed by atoms with Crippen molar-refractivity contribution in [1.29, 1.82) is 0 Å². The van der Waals surface area contributed by atoms with Crippen molar-refractivity contribution in [3.05, 3.63) is 0 Å². The minimum absolute atomic E-state index is 0.124. The molecular formula is C13H28N2O2. The van der Waals surface area contributed by atoms with E-state index >= 15 is 0 Å². The van der Waals surface area contributed by atoms with Crippen LogP contribution in [0, 0.1) is 5.92 Å². The SMILES string of the molecule is CCCNC1CCN(CCOCCO)CC1C. The van der Waals surface area contributed by atoms with Crippen molar-refractivity contribution in [3.63, 3.8) is 0 Å². The van der Waals surface area contributed by atoms with Crippen molar-refractivity contribution in [3.8, 4) is 0 Å². The van der Waals surface area contributed by atoms with Gasteiger partial charge in [0, 0.05) is 19.1 Å². The van der Waals surface area contributed by atoms with E-state index < -0.39 is 0 Å². The van der Waals surface area contributed by atoms with Crippen molar-refractivity contribution in [1.82, 2.24) is 10.2 Å². The van der Waals surface area contributed by atoms with E-state index in [9.17, 15) is 0 Å². The molecule has 0 bridgehead atoms. The summed E-state index contributed by atoms with van der Waals surface area (Å²) in [7, 11) is 0. The van der Waals surface area contributed by atoms with E-state index in [0.717, 1.165) is 32.8 Å². The van der Waals surface area contributed by atoms with Gasteiger partial charge in [-0.05, 0) is 31.8 Å². The lowest BCUT2D eigenvalue weighted by Gasteiger charge is -2.37. The summed E-state index contributed by atoms with van der Waals surface area (Å²) in [5.74, 6) is 0.716. The zero-order chi connectivity index (χ0) is 12.5. The number of nitrogens with zero attached hydrogens (tertiary/aromatic N) is 1. The molecule has 0 aromatic heterocycles. The molecule has 0 amide bonds. The largest absolute Gasteiger partial charge is 0.394 e.